The smallest absolute Gasteiger partial charge is 0.0223 e. The first-order valence-electron chi connectivity index (χ1n) is 7.56. The van der Waals surface area contributed by atoms with Gasteiger partial charge in [0.25, 0.3) is 0 Å². The molecule has 0 aromatic heterocycles. The normalized spacial score (nSPS) is 16.1. The van der Waals surface area contributed by atoms with Crippen molar-refractivity contribution in [3.8, 4) is 0 Å². The standard InChI is InChI=1S/C17H30N2S/c1-14(16-8-6-5-7-9-16)12-17(13-18)19(3)15(2)10-11-20-4/h5-9,14-15,17H,10-13,18H2,1-4H3. The predicted molar refractivity (Wildman–Crippen MR) is 92.5 cm³/mol. The van der Waals surface area contributed by atoms with E-state index in [1.807, 2.05) is 11.8 Å². The Bertz CT molecular complexity index is 355. The van der Waals surface area contributed by atoms with Crippen LogP contribution in [0, 0.1) is 0 Å². The Morgan fingerprint density at radius 2 is 1.85 bits per heavy atom. The van der Waals surface area contributed by atoms with Gasteiger partial charge in [-0.15, -0.1) is 0 Å². The number of hydrogen-bond acceptors (Lipinski definition) is 3. The summed E-state index contributed by atoms with van der Waals surface area (Å²) in [6.07, 6.45) is 4.53. The molecule has 0 fully saturated rings. The van der Waals surface area contributed by atoms with Crippen LogP contribution in [-0.2, 0) is 0 Å². The van der Waals surface area contributed by atoms with E-state index in [2.05, 4.69) is 62.4 Å². The van der Waals surface area contributed by atoms with E-state index in [1.54, 1.807) is 0 Å². The molecule has 0 aliphatic carbocycles. The van der Waals surface area contributed by atoms with Gasteiger partial charge in [0.1, 0.15) is 0 Å². The van der Waals surface area contributed by atoms with Crippen LogP contribution in [0.5, 0.6) is 0 Å². The summed E-state index contributed by atoms with van der Waals surface area (Å²) in [6.45, 7) is 5.35. The van der Waals surface area contributed by atoms with Gasteiger partial charge in [0, 0.05) is 18.6 Å². The summed E-state index contributed by atoms with van der Waals surface area (Å²) in [5.74, 6) is 1.77. The largest absolute Gasteiger partial charge is 0.329 e. The molecule has 3 unspecified atom stereocenters. The highest BCUT2D eigenvalue weighted by atomic mass is 32.2. The molecule has 0 aliphatic heterocycles. The van der Waals surface area contributed by atoms with Crippen molar-refractivity contribution >= 4 is 11.8 Å². The topological polar surface area (TPSA) is 29.3 Å². The Morgan fingerprint density at radius 1 is 1.20 bits per heavy atom. The first-order valence-corrected chi connectivity index (χ1v) is 8.95. The molecule has 3 atom stereocenters. The van der Waals surface area contributed by atoms with Crippen LogP contribution in [0.1, 0.15) is 38.2 Å². The molecule has 0 radical (unpaired) electrons. The van der Waals surface area contributed by atoms with Gasteiger partial charge in [-0.1, -0.05) is 37.3 Å². The van der Waals surface area contributed by atoms with Gasteiger partial charge in [-0.3, -0.25) is 4.90 Å². The van der Waals surface area contributed by atoms with Crippen molar-refractivity contribution in [2.75, 3.05) is 25.6 Å². The van der Waals surface area contributed by atoms with E-state index in [-0.39, 0.29) is 0 Å². The van der Waals surface area contributed by atoms with E-state index in [4.69, 9.17) is 5.73 Å². The van der Waals surface area contributed by atoms with Crippen LogP contribution in [0.4, 0.5) is 0 Å². The lowest BCUT2D eigenvalue weighted by Crippen LogP contribution is -2.44. The van der Waals surface area contributed by atoms with Crippen molar-refractivity contribution in [2.24, 2.45) is 5.73 Å². The van der Waals surface area contributed by atoms with Crippen molar-refractivity contribution < 1.29 is 0 Å². The maximum atomic E-state index is 6.02. The molecule has 114 valence electrons. The third-order valence-corrected chi connectivity index (χ3v) is 4.92. The number of nitrogens with two attached hydrogens (primary N) is 1. The second-order valence-electron chi connectivity index (χ2n) is 5.73. The summed E-state index contributed by atoms with van der Waals surface area (Å²) in [4.78, 5) is 2.47. The van der Waals surface area contributed by atoms with Gasteiger partial charge in [0.2, 0.25) is 0 Å². The zero-order chi connectivity index (χ0) is 15.0. The lowest BCUT2D eigenvalue weighted by atomic mass is 9.93. The van der Waals surface area contributed by atoms with E-state index < -0.39 is 0 Å². The summed E-state index contributed by atoms with van der Waals surface area (Å²) in [7, 11) is 2.22. The van der Waals surface area contributed by atoms with Gasteiger partial charge in [-0.05, 0) is 50.3 Å². The number of rotatable bonds is 9. The zero-order valence-corrected chi connectivity index (χ0v) is 14.2. The van der Waals surface area contributed by atoms with Crippen LogP contribution in [-0.4, -0.2) is 42.6 Å². The molecule has 0 saturated carbocycles. The molecular weight excluding hydrogens is 264 g/mol. The average molecular weight is 295 g/mol. The highest BCUT2D eigenvalue weighted by molar-refractivity contribution is 7.98. The molecule has 0 aliphatic rings. The molecular formula is C17H30N2S. The number of benzene rings is 1. The Morgan fingerprint density at radius 3 is 2.40 bits per heavy atom. The van der Waals surface area contributed by atoms with Crippen molar-refractivity contribution in [1.82, 2.24) is 4.90 Å². The molecule has 0 heterocycles. The van der Waals surface area contributed by atoms with Crippen molar-refractivity contribution in [3.05, 3.63) is 35.9 Å². The predicted octanol–water partition coefficient (Wildman–Crippen LogP) is 3.58. The molecule has 2 N–H and O–H groups in total. The van der Waals surface area contributed by atoms with Crippen LogP contribution >= 0.6 is 11.8 Å². The van der Waals surface area contributed by atoms with E-state index in [9.17, 15) is 0 Å². The summed E-state index contributed by atoms with van der Waals surface area (Å²) in [5.41, 5.74) is 7.43. The Kier molecular flexibility index (Phi) is 8.27. The van der Waals surface area contributed by atoms with E-state index in [0.717, 1.165) is 13.0 Å². The third kappa shape index (κ3) is 5.47. The number of thioether (sulfide) groups is 1. The molecule has 0 spiro atoms. The number of hydrogen-bond donors (Lipinski definition) is 1. The summed E-state index contributed by atoms with van der Waals surface area (Å²) < 4.78 is 0. The SMILES string of the molecule is CSCCC(C)N(C)C(CN)CC(C)c1ccccc1. The fourth-order valence-electron chi connectivity index (χ4n) is 2.61. The van der Waals surface area contributed by atoms with Gasteiger partial charge in [0.15, 0.2) is 0 Å². The molecule has 1 aromatic carbocycles. The number of likely N-dealkylation sites (N-methyl/N-ethyl adjacent to an activating group) is 1. The molecule has 3 heteroatoms. The van der Waals surface area contributed by atoms with E-state index >= 15 is 0 Å². The molecule has 1 aromatic rings. The van der Waals surface area contributed by atoms with Crippen LogP contribution in [0.25, 0.3) is 0 Å². The zero-order valence-electron chi connectivity index (χ0n) is 13.4. The van der Waals surface area contributed by atoms with Crippen molar-refractivity contribution in [1.29, 1.82) is 0 Å². The average Bonchev–Trinajstić information content (AvgIpc) is 2.50. The minimum atomic E-state index is 0.460. The fraction of sp³-hybridized carbons (Fsp3) is 0.647. The van der Waals surface area contributed by atoms with Crippen LogP contribution < -0.4 is 5.73 Å². The fourth-order valence-corrected chi connectivity index (χ4v) is 3.18. The second kappa shape index (κ2) is 9.43. The first-order chi connectivity index (χ1) is 9.60. The molecule has 1 rings (SSSR count). The molecule has 0 bridgehead atoms. The maximum Gasteiger partial charge on any atom is 0.0223 e. The minimum Gasteiger partial charge on any atom is -0.329 e. The summed E-state index contributed by atoms with van der Waals surface area (Å²) >= 11 is 1.92. The number of nitrogens with zero attached hydrogens (tertiary/aromatic N) is 1. The van der Waals surface area contributed by atoms with Crippen molar-refractivity contribution in [3.63, 3.8) is 0 Å². The lowest BCUT2D eigenvalue weighted by Gasteiger charge is -2.34. The minimum absolute atomic E-state index is 0.460. The van der Waals surface area contributed by atoms with Gasteiger partial charge in [0.05, 0.1) is 0 Å². The van der Waals surface area contributed by atoms with Crippen LogP contribution in [0.3, 0.4) is 0 Å². The molecule has 0 saturated heterocycles. The summed E-state index contributed by atoms with van der Waals surface area (Å²) in [5, 5.41) is 0. The van der Waals surface area contributed by atoms with Gasteiger partial charge < -0.3 is 5.73 Å². The molecule has 2 nitrogen and oxygen atoms in total. The summed E-state index contributed by atoms with van der Waals surface area (Å²) in [6, 6.07) is 11.8. The first kappa shape index (κ1) is 17.5. The van der Waals surface area contributed by atoms with Gasteiger partial charge >= 0.3 is 0 Å². The van der Waals surface area contributed by atoms with Gasteiger partial charge in [-0.25, -0.2) is 0 Å². The molecule has 0 amide bonds. The second-order valence-corrected chi connectivity index (χ2v) is 6.72. The van der Waals surface area contributed by atoms with Crippen molar-refractivity contribution in [2.45, 2.75) is 44.7 Å². The Labute approximate surface area is 129 Å². The quantitative estimate of drug-likeness (QED) is 0.755. The van der Waals surface area contributed by atoms with Crippen LogP contribution in [0.15, 0.2) is 30.3 Å². The lowest BCUT2D eigenvalue weighted by molar-refractivity contribution is 0.170. The maximum absolute atomic E-state index is 6.02. The Balaban J connectivity index is 2.57. The highest BCUT2D eigenvalue weighted by Crippen LogP contribution is 2.23. The third-order valence-electron chi connectivity index (χ3n) is 4.28. The Hall–Kier alpha value is -0.510. The van der Waals surface area contributed by atoms with E-state index in [0.29, 0.717) is 18.0 Å². The van der Waals surface area contributed by atoms with Gasteiger partial charge in [-0.2, -0.15) is 11.8 Å². The monoisotopic (exact) mass is 294 g/mol. The highest BCUT2D eigenvalue weighted by Gasteiger charge is 2.21. The molecule has 20 heavy (non-hydrogen) atoms. The van der Waals surface area contributed by atoms with Crippen LogP contribution in [0.2, 0.25) is 0 Å². The van der Waals surface area contributed by atoms with E-state index in [1.165, 1.54) is 17.7 Å².